The van der Waals surface area contributed by atoms with Crippen molar-refractivity contribution in [2.75, 3.05) is 6.61 Å². The van der Waals surface area contributed by atoms with E-state index in [2.05, 4.69) is 10.4 Å². The van der Waals surface area contributed by atoms with E-state index >= 15 is 0 Å². The highest BCUT2D eigenvalue weighted by molar-refractivity contribution is 5.94. The zero-order valence-electron chi connectivity index (χ0n) is 14.7. The summed E-state index contributed by atoms with van der Waals surface area (Å²) in [6, 6.07) is 2.98. The SMILES string of the molecule is CC(C)[C@@H](CO)NC(=O)c1nn(-c2ccc(F)cc2F)c2c1C[C@H]1C[C@@H]21. The number of nitrogens with zero attached hydrogens (tertiary/aromatic N) is 2. The van der Waals surface area contributed by atoms with E-state index in [1.165, 1.54) is 16.8 Å². The van der Waals surface area contributed by atoms with Crippen LogP contribution in [-0.4, -0.2) is 33.4 Å². The van der Waals surface area contributed by atoms with Crippen LogP contribution in [0, 0.1) is 23.5 Å². The van der Waals surface area contributed by atoms with Crippen molar-refractivity contribution in [3.05, 3.63) is 46.8 Å². The fraction of sp³-hybridized carbons (Fsp3) is 0.474. The zero-order chi connectivity index (χ0) is 18.6. The first-order valence-electron chi connectivity index (χ1n) is 8.89. The molecule has 1 aromatic heterocycles. The van der Waals surface area contributed by atoms with Crippen molar-refractivity contribution in [2.24, 2.45) is 11.8 Å². The third-order valence-electron chi connectivity index (χ3n) is 5.43. The molecule has 1 aromatic carbocycles. The van der Waals surface area contributed by atoms with E-state index in [-0.39, 0.29) is 41.8 Å². The number of aliphatic hydroxyl groups excluding tert-OH is 1. The molecule has 0 unspecified atom stereocenters. The number of hydrogen-bond acceptors (Lipinski definition) is 3. The van der Waals surface area contributed by atoms with Gasteiger partial charge >= 0.3 is 0 Å². The van der Waals surface area contributed by atoms with Crippen LogP contribution >= 0.6 is 0 Å². The summed E-state index contributed by atoms with van der Waals surface area (Å²) in [5.74, 6) is -0.898. The fourth-order valence-electron chi connectivity index (χ4n) is 3.79. The maximum Gasteiger partial charge on any atom is 0.272 e. The molecule has 0 radical (unpaired) electrons. The Balaban J connectivity index is 1.74. The third kappa shape index (κ3) is 2.70. The fourth-order valence-corrected chi connectivity index (χ4v) is 3.79. The Morgan fingerprint density at radius 1 is 1.42 bits per heavy atom. The first-order valence-corrected chi connectivity index (χ1v) is 8.89. The van der Waals surface area contributed by atoms with Crippen molar-refractivity contribution >= 4 is 5.91 Å². The number of rotatable bonds is 5. The molecule has 2 aliphatic carbocycles. The van der Waals surface area contributed by atoms with Gasteiger partial charge in [0.1, 0.15) is 11.5 Å². The molecule has 26 heavy (non-hydrogen) atoms. The Morgan fingerprint density at radius 2 is 2.19 bits per heavy atom. The Labute approximate surface area is 150 Å². The van der Waals surface area contributed by atoms with Gasteiger partial charge in [-0.1, -0.05) is 13.8 Å². The summed E-state index contributed by atoms with van der Waals surface area (Å²) < 4.78 is 29.0. The lowest BCUT2D eigenvalue weighted by atomic mass is 10.0. The van der Waals surface area contributed by atoms with Crippen LogP contribution < -0.4 is 5.32 Å². The van der Waals surface area contributed by atoms with Crippen LogP contribution in [-0.2, 0) is 6.42 Å². The van der Waals surface area contributed by atoms with E-state index in [1.54, 1.807) is 0 Å². The molecule has 0 spiro atoms. The second kappa shape index (κ2) is 6.16. The summed E-state index contributed by atoms with van der Waals surface area (Å²) in [4.78, 5) is 12.7. The van der Waals surface area contributed by atoms with Gasteiger partial charge in [-0.25, -0.2) is 13.5 Å². The number of fused-ring (bicyclic) bond motifs is 3. The summed E-state index contributed by atoms with van der Waals surface area (Å²) >= 11 is 0. The normalized spacial score (nSPS) is 21.5. The second-order valence-electron chi connectivity index (χ2n) is 7.53. The van der Waals surface area contributed by atoms with Crippen molar-refractivity contribution in [2.45, 2.75) is 38.6 Å². The Kier molecular flexibility index (Phi) is 4.06. The Bertz CT molecular complexity index is 878. The summed E-state index contributed by atoms with van der Waals surface area (Å²) in [5, 5.41) is 16.6. The number of carbonyl (C=O) groups excluding carboxylic acids is 1. The molecular formula is C19H21F2N3O2. The maximum absolute atomic E-state index is 14.3. The van der Waals surface area contributed by atoms with Crippen molar-refractivity contribution in [1.82, 2.24) is 15.1 Å². The second-order valence-corrected chi connectivity index (χ2v) is 7.53. The van der Waals surface area contributed by atoms with Crippen LogP contribution in [0.25, 0.3) is 5.69 Å². The topological polar surface area (TPSA) is 67.2 Å². The number of aliphatic hydroxyl groups is 1. The number of halogens is 2. The van der Waals surface area contributed by atoms with E-state index in [4.69, 9.17) is 0 Å². The van der Waals surface area contributed by atoms with E-state index in [9.17, 15) is 18.7 Å². The number of nitrogens with one attached hydrogen (secondary N) is 1. The predicted octanol–water partition coefficient (Wildman–Crippen LogP) is 2.56. The summed E-state index contributed by atoms with van der Waals surface area (Å²) in [5.41, 5.74) is 2.12. The zero-order valence-corrected chi connectivity index (χ0v) is 14.7. The molecule has 1 amide bonds. The quantitative estimate of drug-likeness (QED) is 0.860. The highest BCUT2D eigenvalue weighted by Crippen LogP contribution is 2.57. The Hall–Kier alpha value is -2.28. The Morgan fingerprint density at radius 3 is 2.85 bits per heavy atom. The largest absolute Gasteiger partial charge is 0.394 e. The molecule has 4 rings (SSSR count). The lowest BCUT2D eigenvalue weighted by Gasteiger charge is -2.19. The molecule has 0 aliphatic heterocycles. The average Bonchev–Trinajstić information content (AvgIpc) is 3.09. The van der Waals surface area contributed by atoms with E-state index in [1.807, 2.05) is 13.8 Å². The molecular weight excluding hydrogens is 340 g/mol. The van der Waals surface area contributed by atoms with Crippen molar-refractivity contribution in [1.29, 1.82) is 0 Å². The van der Waals surface area contributed by atoms with Crippen LogP contribution in [0.5, 0.6) is 0 Å². The molecule has 1 heterocycles. The summed E-state index contributed by atoms with van der Waals surface area (Å²) in [6.07, 6.45) is 1.75. The third-order valence-corrected chi connectivity index (χ3v) is 5.43. The highest BCUT2D eigenvalue weighted by Gasteiger charge is 2.50. The minimum atomic E-state index is -0.707. The molecule has 1 saturated carbocycles. The van der Waals surface area contributed by atoms with Gasteiger partial charge in [0.15, 0.2) is 11.5 Å². The van der Waals surface area contributed by atoms with Gasteiger partial charge in [-0.15, -0.1) is 0 Å². The van der Waals surface area contributed by atoms with Gasteiger partial charge in [-0.05, 0) is 36.8 Å². The molecule has 5 nitrogen and oxygen atoms in total. The number of carbonyl (C=O) groups is 1. The average molecular weight is 361 g/mol. The van der Waals surface area contributed by atoms with Crippen molar-refractivity contribution < 1.29 is 18.7 Å². The predicted molar refractivity (Wildman–Crippen MR) is 91.2 cm³/mol. The van der Waals surface area contributed by atoms with Gasteiger partial charge in [-0.2, -0.15) is 5.10 Å². The summed E-state index contributed by atoms with van der Waals surface area (Å²) in [6.45, 7) is 3.66. The number of benzene rings is 1. The number of hydrogen-bond donors (Lipinski definition) is 2. The lowest BCUT2D eigenvalue weighted by Crippen LogP contribution is -2.41. The molecule has 2 aliphatic rings. The van der Waals surface area contributed by atoms with Crippen molar-refractivity contribution in [3.63, 3.8) is 0 Å². The van der Waals surface area contributed by atoms with Gasteiger partial charge < -0.3 is 10.4 Å². The van der Waals surface area contributed by atoms with E-state index in [0.717, 1.165) is 30.2 Å². The monoisotopic (exact) mass is 361 g/mol. The van der Waals surface area contributed by atoms with Crippen LogP contribution in [0.3, 0.4) is 0 Å². The highest BCUT2D eigenvalue weighted by atomic mass is 19.1. The lowest BCUT2D eigenvalue weighted by molar-refractivity contribution is 0.0890. The standard InChI is InChI=1S/C19H21F2N3O2/c1-9(2)15(8-25)22-19(26)17-13-6-10-5-12(10)18(13)24(23-17)16-4-3-11(20)7-14(16)21/h3-4,7,9-10,12,15,25H,5-6,8H2,1-2H3,(H,22,26)/t10-,12-,15-/m1/s1. The molecule has 3 atom stereocenters. The van der Waals surface area contributed by atoms with Crippen LogP contribution in [0.2, 0.25) is 0 Å². The first kappa shape index (κ1) is 17.1. The van der Waals surface area contributed by atoms with Crippen molar-refractivity contribution in [3.8, 4) is 5.69 Å². The van der Waals surface area contributed by atoms with Crippen LogP contribution in [0.1, 0.15) is 47.9 Å². The number of aromatic nitrogens is 2. The first-order chi connectivity index (χ1) is 12.4. The molecule has 1 fully saturated rings. The molecule has 2 aromatic rings. The smallest absolute Gasteiger partial charge is 0.272 e. The molecule has 138 valence electrons. The minimum Gasteiger partial charge on any atom is -0.394 e. The van der Waals surface area contributed by atoms with Gasteiger partial charge in [0.25, 0.3) is 5.91 Å². The van der Waals surface area contributed by atoms with Gasteiger partial charge in [-0.3, -0.25) is 4.79 Å². The molecule has 0 bridgehead atoms. The minimum absolute atomic E-state index is 0.0713. The van der Waals surface area contributed by atoms with Gasteiger partial charge in [0.2, 0.25) is 0 Å². The molecule has 7 heteroatoms. The number of amides is 1. The van der Waals surface area contributed by atoms with Crippen LogP contribution in [0.15, 0.2) is 18.2 Å². The van der Waals surface area contributed by atoms with Gasteiger partial charge in [0.05, 0.1) is 18.3 Å². The van der Waals surface area contributed by atoms with Gasteiger partial charge in [0, 0.05) is 17.5 Å². The maximum atomic E-state index is 14.3. The van der Waals surface area contributed by atoms with E-state index < -0.39 is 11.6 Å². The molecule has 0 saturated heterocycles. The van der Waals surface area contributed by atoms with Crippen LogP contribution in [0.4, 0.5) is 8.78 Å². The summed E-state index contributed by atoms with van der Waals surface area (Å²) in [7, 11) is 0. The molecule has 2 N–H and O–H groups in total. The van der Waals surface area contributed by atoms with E-state index in [0.29, 0.717) is 5.92 Å².